The van der Waals surface area contributed by atoms with Crippen LogP contribution in [0.3, 0.4) is 0 Å². The predicted octanol–water partition coefficient (Wildman–Crippen LogP) is 15.1. The maximum atomic E-state index is 7.17. The van der Waals surface area contributed by atoms with Gasteiger partial charge in [0, 0.05) is 27.8 Å². The second-order valence-corrected chi connectivity index (χ2v) is 16.7. The van der Waals surface area contributed by atoms with Gasteiger partial charge < -0.3 is 9.47 Å². The summed E-state index contributed by atoms with van der Waals surface area (Å²) in [6.07, 6.45) is 0. The quantitative estimate of drug-likeness (QED) is 0.156. The molecule has 0 bridgehead atoms. The van der Waals surface area contributed by atoms with Crippen molar-refractivity contribution in [3.05, 3.63) is 247 Å². The number of fused-ring (bicyclic) bond motifs is 9. The van der Waals surface area contributed by atoms with Crippen molar-refractivity contribution in [3.63, 3.8) is 0 Å². The van der Waals surface area contributed by atoms with Gasteiger partial charge in [-0.1, -0.05) is 206 Å². The van der Waals surface area contributed by atoms with Crippen molar-refractivity contribution in [1.82, 2.24) is 15.0 Å². The molecule has 13 rings (SSSR count). The zero-order valence-corrected chi connectivity index (χ0v) is 35.0. The summed E-state index contributed by atoms with van der Waals surface area (Å²) >= 11 is 0. The zero-order chi connectivity index (χ0) is 42.9. The van der Waals surface area contributed by atoms with E-state index in [-0.39, 0.29) is 0 Å². The normalized spacial score (nSPS) is 13.0. The molecule has 0 saturated heterocycles. The van der Waals surface area contributed by atoms with E-state index >= 15 is 0 Å². The lowest BCUT2D eigenvalue weighted by Crippen LogP contribution is -2.28. The summed E-state index contributed by atoms with van der Waals surface area (Å²) in [4.78, 5) is 15.2. The lowest BCUT2D eigenvalue weighted by Gasteiger charge is -2.34. The van der Waals surface area contributed by atoms with Crippen molar-refractivity contribution in [2.45, 2.75) is 5.41 Å². The minimum Gasteiger partial charge on any atom is -0.449 e. The Bertz CT molecular complexity index is 3610. The van der Waals surface area contributed by atoms with Crippen molar-refractivity contribution in [1.29, 1.82) is 0 Å². The fourth-order valence-corrected chi connectivity index (χ4v) is 10.1. The second-order valence-electron chi connectivity index (χ2n) is 16.7. The van der Waals surface area contributed by atoms with Crippen molar-refractivity contribution < 1.29 is 9.47 Å². The Balaban J connectivity index is 0.901. The first-order valence-corrected chi connectivity index (χ1v) is 21.9. The molecule has 0 N–H and O–H groups in total. The Morgan fingerprint density at radius 2 is 0.877 bits per heavy atom. The van der Waals surface area contributed by atoms with Gasteiger partial charge in [-0.3, -0.25) is 0 Å². The van der Waals surface area contributed by atoms with E-state index in [0.717, 1.165) is 49.9 Å². The first kappa shape index (κ1) is 36.9. The summed E-state index contributed by atoms with van der Waals surface area (Å²) in [5.41, 5.74) is 11.0. The number of aromatic nitrogens is 3. The van der Waals surface area contributed by atoms with Crippen LogP contribution < -0.4 is 9.47 Å². The van der Waals surface area contributed by atoms with Gasteiger partial charge in [0.2, 0.25) is 0 Å². The predicted molar refractivity (Wildman–Crippen MR) is 260 cm³/mol. The number of hydrogen-bond acceptors (Lipinski definition) is 5. The third-order valence-electron chi connectivity index (χ3n) is 13.1. The van der Waals surface area contributed by atoms with Crippen molar-refractivity contribution in [3.8, 4) is 79.4 Å². The van der Waals surface area contributed by atoms with Crippen LogP contribution in [0.4, 0.5) is 0 Å². The van der Waals surface area contributed by atoms with Gasteiger partial charge in [-0.2, -0.15) is 0 Å². The largest absolute Gasteiger partial charge is 0.449 e. The Kier molecular flexibility index (Phi) is 8.36. The number of rotatable bonds is 6. The molecular formula is C60H37N3O2. The number of benzene rings is 10. The molecule has 65 heavy (non-hydrogen) atoms. The Morgan fingerprint density at radius 1 is 0.323 bits per heavy atom. The van der Waals surface area contributed by atoms with Crippen LogP contribution in [-0.2, 0) is 5.41 Å². The highest BCUT2D eigenvalue weighted by Crippen LogP contribution is 2.62. The van der Waals surface area contributed by atoms with Crippen LogP contribution in [0.1, 0.15) is 22.3 Å². The first-order chi connectivity index (χ1) is 32.2. The molecule has 10 aromatic carbocycles. The van der Waals surface area contributed by atoms with Gasteiger partial charge in [0.05, 0.1) is 5.41 Å². The molecule has 11 aromatic rings. The average molecular weight is 832 g/mol. The number of nitrogens with zero attached hydrogens (tertiary/aromatic N) is 3. The molecule has 0 fully saturated rings. The van der Waals surface area contributed by atoms with E-state index in [1.807, 2.05) is 42.5 Å². The van der Waals surface area contributed by atoms with Gasteiger partial charge >= 0.3 is 0 Å². The molecule has 1 aliphatic carbocycles. The molecule has 2 aliphatic rings. The molecule has 5 nitrogen and oxygen atoms in total. The minimum absolute atomic E-state index is 0.555. The number of para-hydroxylation sites is 1. The van der Waals surface area contributed by atoms with Crippen molar-refractivity contribution in [2.24, 2.45) is 0 Å². The number of ether oxygens (including phenoxy) is 2. The van der Waals surface area contributed by atoms with Gasteiger partial charge in [0.15, 0.2) is 40.5 Å². The SMILES string of the molecule is c1ccc(-c2nc(-c3ccc(-c4cccc5c4Oc4c(ccc6c4-c4ccccc4C6(c4ccccc4)c4ccccc4)O5)cc3)nc(-c3ccc4c(ccc5ccccc54)c3)n2)cc1. The number of hydrogen-bond donors (Lipinski definition) is 0. The first-order valence-electron chi connectivity index (χ1n) is 21.9. The van der Waals surface area contributed by atoms with Crippen LogP contribution in [0, 0.1) is 0 Å². The lowest BCUT2D eigenvalue weighted by atomic mass is 9.68. The van der Waals surface area contributed by atoms with Crippen LogP contribution in [0.5, 0.6) is 23.0 Å². The summed E-state index contributed by atoms with van der Waals surface area (Å²) in [5.74, 6) is 4.58. The standard InChI is InChI=1S/C60H37N3O2/c1-4-16-40(17-5-1)57-61-58(63-59(62-57)43-33-34-47-42(37-43)32-29-38-15-10-11-22-46(38)47)41-30-27-39(28-31-41)48-24-14-26-52-55(48)65-56-53(64-52)36-35-51-54(56)49-23-12-13-25-50(49)60(51,44-18-6-2-7-19-44)45-20-8-3-9-21-45/h1-37H. The maximum Gasteiger partial charge on any atom is 0.178 e. The Morgan fingerprint density at radius 3 is 1.63 bits per heavy atom. The second kappa shape index (κ2) is 14.7. The highest BCUT2D eigenvalue weighted by atomic mass is 16.6. The smallest absolute Gasteiger partial charge is 0.178 e. The molecule has 0 atom stereocenters. The topological polar surface area (TPSA) is 57.1 Å². The van der Waals surface area contributed by atoms with Crippen molar-refractivity contribution in [2.75, 3.05) is 0 Å². The fraction of sp³-hybridized carbons (Fsp3) is 0.0167. The van der Waals surface area contributed by atoms with E-state index in [4.69, 9.17) is 24.4 Å². The third-order valence-corrected chi connectivity index (χ3v) is 13.1. The molecule has 0 saturated carbocycles. The molecular weight excluding hydrogens is 795 g/mol. The summed E-state index contributed by atoms with van der Waals surface area (Å²) in [5, 5.41) is 4.77. The molecule has 304 valence electrons. The minimum atomic E-state index is -0.555. The summed E-state index contributed by atoms with van der Waals surface area (Å²) in [6.45, 7) is 0. The highest BCUT2D eigenvalue weighted by molar-refractivity contribution is 6.08. The molecule has 0 spiro atoms. The van der Waals surface area contributed by atoms with Gasteiger partial charge in [-0.05, 0) is 73.1 Å². The van der Waals surface area contributed by atoms with E-state index in [9.17, 15) is 0 Å². The molecule has 0 radical (unpaired) electrons. The highest BCUT2D eigenvalue weighted by Gasteiger charge is 2.48. The molecule has 1 aromatic heterocycles. The van der Waals surface area contributed by atoms with Crippen LogP contribution in [0.25, 0.3) is 78.0 Å². The fourth-order valence-electron chi connectivity index (χ4n) is 10.1. The molecule has 0 unspecified atom stereocenters. The molecule has 2 heterocycles. The van der Waals surface area contributed by atoms with E-state index in [1.54, 1.807) is 0 Å². The van der Waals surface area contributed by atoms with Gasteiger partial charge in [0.1, 0.15) is 0 Å². The molecule has 5 heteroatoms. The van der Waals surface area contributed by atoms with E-state index < -0.39 is 5.41 Å². The van der Waals surface area contributed by atoms with Crippen LogP contribution in [0.15, 0.2) is 224 Å². The van der Waals surface area contributed by atoms with Gasteiger partial charge in [-0.15, -0.1) is 0 Å². The third kappa shape index (κ3) is 5.83. The van der Waals surface area contributed by atoms with Crippen LogP contribution >= 0.6 is 0 Å². The van der Waals surface area contributed by atoms with Gasteiger partial charge in [-0.25, -0.2) is 15.0 Å². The Hall–Kier alpha value is -8.67. The maximum absolute atomic E-state index is 7.17. The Labute approximate surface area is 375 Å². The summed E-state index contributed by atoms with van der Waals surface area (Å²) in [6, 6.07) is 78.5. The monoisotopic (exact) mass is 831 g/mol. The average Bonchev–Trinajstić information content (AvgIpc) is 3.70. The lowest BCUT2D eigenvalue weighted by molar-refractivity contribution is 0.361. The van der Waals surface area contributed by atoms with Crippen molar-refractivity contribution >= 4 is 21.5 Å². The van der Waals surface area contributed by atoms with Gasteiger partial charge in [0.25, 0.3) is 0 Å². The zero-order valence-electron chi connectivity index (χ0n) is 35.0. The van der Waals surface area contributed by atoms with Crippen LogP contribution in [0.2, 0.25) is 0 Å². The van der Waals surface area contributed by atoms with E-state index in [2.05, 4.69) is 182 Å². The summed E-state index contributed by atoms with van der Waals surface area (Å²) < 4.78 is 13.9. The van der Waals surface area contributed by atoms with E-state index in [1.165, 1.54) is 32.8 Å². The van der Waals surface area contributed by atoms with Crippen LogP contribution in [-0.4, -0.2) is 15.0 Å². The summed E-state index contributed by atoms with van der Waals surface area (Å²) in [7, 11) is 0. The van der Waals surface area contributed by atoms with E-state index in [0.29, 0.717) is 40.5 Å². The molecule has 1 aliphatic heterocycles. The molecule has 0 amide bonds.